The van der Waals surface area contributed by atoms with Gasteiger partial charge < -0.3 is 25.0 Å². The lowest BCUT2D eigenvalue weighted by Gasteiger charge is -2.29. The Morgan fingerprint density at radius 2 is 1.92 bits per heavy atom. The smallest absolute Gasteiger partial charge is 0.414 e. The summed E-state index contributed by atoms with van der Waals surface area (Å²) in [7, 11) is 1.75. The molecule has 2 fully saturated rings. The normalized spacial score (nSPS) is 20.7. The van der Waals surface area contributed by atoms with Crippen LogP contribution in [-0.2, 0) is 9.47 Å². The zero-order valence-corrected chi connectivity index (χ0v) is 14.5. The van der Waals surface area contributed by atoms with Gasteiger partial charge >= 0.3 is 6.09 Å². The van der Waals surface area contributed by atoms with E-state index in [4.69, 9.17) is 21.7 Å². The van der Waals surface area contributed by atoms with E-state index in [0.717, 1.165) is 37.7 Å². The number of anilines is 2. The number of rotatable bonds is 4. The van der Waals surface area contributed by atoms with Gasteiger partial charge in [-0.25, -0.2) is 4.79 Å². The second-order valence-electron chi connectivity index (χ2n) is 5.69. The number of thiocarbonyl (C=S) groups is 1. The van der Waals surface area contributed by atoms with Gasteiger partial charge in [0.15, 0.2) is 5.11 Å². The summed E-state index contributed by atoms with van der Waals surface area (Å²) >= 11 is 5.03. The first-order valence-electron chi connectivity index (χ1n) is 8.04. The van der Waals surface area contributed by atoms with E-state index in [2.05, 4.69) is 15.5 Å². The van der Waals surface area contributed by atoms with Crippen molar-refractivity contribution in [1.29, 1.82) is 0 Å². The van der Waals surface area contributed by atoms with Crippen molar-refractivity contribution in [3.05, 3.63) is 24.3 Å². The van der Waals surface area contributed by atoms with Gasteiger partial charge in [0.2, 0.25) is 0 Å². The van der Waals surface area contributed by atoms with Crippen LogP contribution in [0.25, 0.3) is 0 Å². The van der Waals surface area contributed by atoms with Gasteiger partial charge in [0, 0.05) is 31.5 Å². The van der Waals surface area contributed by atoms with E-state index in [9.17, 15) is 4.79 Å². The van der Waals surface area contributed by atoms with Crippen LogP contribution in [0.5, 0.6) is 0 Å². The Labute approximate surface area is 146 Å². The van der Waals surface area contributed by atoms with E-state index in [1.807, 2.05) is 24.3 Å². The fourth-order valence-corrected chi connectivity index (χ4v) is 2.88. The average Bonchev–Trinajstić information content (AvgIpc) is 3.01. The van der Waals surface area contributed by atoms with Crippen molar-refractivity contribution in [2.45, 2.75) is 6.10 Å². The van der Waals surface area contributed by atoms with Crippen LogP contribution in [0.15, 0.2) is 24.3 Å². The van der Waals surface area contributed by atoms with Gasteiger partial charge in [0.1, 0.15) is 6.10 Å². The summed E-state index contributed by atoms with van der Waals surface area (Å²) in [5.41, 5.74) is 1.99. The van der Waals surface area contributed by atoms with Crippen molar-refractivity contribution >= 4 is 34.8 Å². The SMILES string of the molecule is CNC(=S)NC[C@H]1CN(c2ccc(N3CCOCC3)cc2)C(=O)O1. The molecule has 7 nitrogen and oxygen atoms in total. The molecule has 0 aromatic heterocycles. The lowest BCUT2D eigenvalue weighted by molar-refractivity contribution is 0.122. The Hall–Kier alpha value is -2.06. The first kappa shape index (κ1) is 16.8. The molecule has 0 aliphatic carbocycles. The molecule has 130 valence electrons. The van der Waals surface area contributed by atoms with Gasteiger partial charge in [-0.1, -0.05) is 0 Å². The van der Waals surface area contributed by atoms with Crippen molar-refractivity contribution < 1.29 is 14.3 Å². The Balaban J connectivity index is 1.59. The van der Waals surface area contributed by atoms with Gasteiger partial charge in [0.25, 0.3) is 0 Å². The fraction of sp³-hybridized carbons (Fsp3) is 0.500. The van der Waals surface area contributed by atoms with Crippen molar-refractivity contribution in [1.82, 2.24) is 10.6 Å². The maximum Gasteiger partial charge on any atom is 0.414 e. The largest absolute Gasteiger partial charge is 0.442 e. The number of ether oxygens (including phenoxy) is 2. The van der Waals surface area contributed by atoms with Crippen molar-refractivity contribution in [3.63, 3.8) is 0 Å². The molecule has 0 spiro atoms. The Morgan fingerprint density at radius 1 is 1.25 bits per heavy atom. The molecule has 0 radical (unpaired) electrons. The highest BCUT2D eigenvalue weighted by Gasteiger charge is 2.32. The van der Waals surface area contributed by atoms with Gasteiger partial charge in [-0.2, -0.15) is 0 Å². The quantitative estimate of drug-likeness (QED) is 0.784. The number of nitrogens with zero attached hydrogens (tertiary/aromatic N) is 2. The monoisotopic (exact) mass is 350 g/mol. The number of amides is 1. The Bertz CT molecular complexity index is 589. The molecular formula is C16H22N4O3S. The molecule has 0 unspecified atom stereocenters. The van der Waals surface area contributed by atoms with Crippen LogP contribution in [0.4, 0.5) is 16.2 Å². The number of hydrogen-bond acceptors (Lipinski definition) is 5. The third-order valence-electron chi connectivity index (χ3n) is 4.13. The standard InChI is InChI=1S/C16H22N4O3S/c1-17-15(24)18-10-14-11-20(16(21)23-14)13-4-2-12(3-5-13)19-6-8-22-9-7-19/h2-5,14H,6-11H2,1H3,(H2,17,18,24)/t14-/m0/s1. The van der Waals surface area contributed by atoms with E-state index < -0.39 is 0 Å². The van der Waals surface area contributed by atoms with Crippen molar-refractivity contribution in [2.24, 2.45) is 0 Å². The first-order chi connectivity index (χ1) is 11.7. The molecule has 1 atom stereocenters. The molecule has 0 bridgehead atoms. The molecule has 1 aromatic rings. The van der Waals surface area contributed by atoms with Crippen molar-refractivity contribution in [2.75, 3.05) is 56.2 Å². The molecule has 2 saturated heterocycles. The van der Waals surface area contributed by atoms with E-state index >= 15 is 0 Å². The summed E-state index contributed by atoms with van der Waals surface area (Å²) in [5.74, 6) is 0. The van der Waals surface area contributed by atoms with Gasteiger partial charge in [-0.3, -0.25) is 4.90 Å². The van der Waals surface area contributed by atoms with E-state index in [1.165, 1.54) is 0 Å². The molecule has 24 heavy (non-hydrogen) atoms. The highest BCUT2D eigenvalue weighted by molar-refractivity contribution is 7.80. The Morgan fingerprint density at radius 3 is 2.58 bits per heavy atom. The third-order valence-corrected chi connectivity index (χ3v) is 4.48. The van der Waals surface area contributed by atoms with Crippen LogP contribution in [0, 0.1) is 0 Å². The molecule has 2 heterocycles. The summed E-state index contributed by atoms with van der Waals surface area (Å²) < 4.78 is 10.7. The molecule has 2 N–H and O–H groups in total. The highest BCUT2D eigenvalue weighted by atomic mass is 32.1. The zero-order chi connectivity index (χ0) is 16.9. The number of hydrogen-bond donors (Lipinski definition) is 2. The van der Waals surface area contributed by atoms with Crippen molar-refractivity contribution in [3.8, 4) is 0 Å². The summed E-state index contributed by atoms with van der Waals surface area (Å²) in [6.45, 7) is 4.30. The maximum absolute atomic E-state index is 12.1. The van der Waals surface area contributed by atoms with E-state index in [0.29, 0.717) is 18.2 Å². The average molecular weight is 350 g/mol. The number of nitrogens with one attached hydrogen (secondary N) is 2. The first-order valence-corrected chi connectivity index (χ1v) is 8.44. The molecule has 2 aliphatic heterocycles. The lowest BCUT2D eigenvalue weighted by Crippen LogP contribution is -2.39. The summed E-state index contributed by atoms with van der Waals surface area (Å²) in [4.78, 5) is 16.0. The lowest BCUT2D eigenvalue weighted by atomic mass is 10.2. The van der Waals surface area contributed by atoms with Gasteiger partial charge in [-0.15, -0.1) is 0 Å². The molecule has 0 saturated carbocycles. The second-order valence-corrected chi connectivity index (χ2v) is 6.10. The van der Waals surface area contributed by atoms with Gasteiger partial charge in [0.05, 0.1) is 26.3 Å². The van der Waals surface area contributed by atoms with Crippen LogP contribution in [0.1, 0.15) is 0 Å². The molecule has 1 aromatic carbocycles. The molecule has 2 aliphatic rings. The number of cyclic esters (lactones) is 1. The van der Waals surface area contributed by atoms with Crippen LogP contribution >= 0.6 is 12.2 Å². The van der Waals surface area contributed by atoms with Crippen LogP contribution < -0.4 is 20.4 Å². The summed E-state index contributed by atoms with van der Waals surface area (Å²) in [6, 6.07) is 7.99. The molecule has 8 heteroatoms. The van der Waals surface area contributed by atoms with Crippen LogP contribution in [0.2, 0.25) is 0 Å². The van der Waals surface area contributed by atoms with E-state index in [-0.39, 0.29) is 12.2 Å². The fourth-order valence-electron chi connectivity index (χ4n) is 2.80. The minimum atomic E-state index is -0.323. The number of morpholine rings is 1. The number of benzene rings is 1. The number of carbonyl (C=O) groups is 1. The third kappa shape index (κ3) is 3.88. The minimum Gasteiger partial charge on any atom is -0.442 e. The molecular weight excluding hydrogens is 328 g/mol. The summed E-state index contributed by atoms with van der Waals surface area (Å²) in [6.07, 6.45) is -0.543. The predicted octanol–water partition coefficient (Wildman–Crippen LogP) is 0.942. The maximum atomic E-state index is 12.1. The minimum absolute atomic E-state index is 0.220. The highest BCUT2D eigenvalue weighted by Crippen LogP contribution is 2.25. The summed E-state index contributed by atoms with van der Waals surface area (Å²) in [5, 5.41) is 6.39. The zero-order valence-electron chi connectivity index (χ0n) is 13.7. The second kappa shape index (κ2) is 7.67. The van der Waals surface area contributed by atoms with E-state index in [1.54, 1.807) is 11.9 Å². The molecule has 3 rings (SSSR count). The number of carbonyl (C=O) groups excluding carboxylic acids is 1. The topological polar surface area (TPSA) is 66.1 Å². The molecule has 1 amide bonds. The Kier molecular flexibility index (Phi) is 5.37. The van der Waals surface area contributed by atoms with Crippen LogP contribution in [-0.4, -0.2) is 63.8 Å². The predicted molar refractivity (Wildman–Crippen MR) is 96.7 cm³/mol. The van der Waals surface area contributed by atoms with Crippen LogP contribution in [0.3, 0.4) is 0 Å². The van der Waals surface area contributed by atoms with Gasteiger partial charge in [-0.05, 0) is 36.5 Å².